The zero-order chi connectivity index (χ0) is 4.99. The summed E-state index contributed by atoms with van der Waals surface area (Å²) in [6.07, 6.45) is -0.407. The number of nitrogens with one attached hydrogen (secondary N) is 1. The highest BCUT2D eigenvalue weighted by molar-refractivity contribution is 5.66. The summed E-state index contributed by atoms with van der Waals surface area (Å²) in [6.45, 7) is 0. The number of ether oxygens (including phenoxy) is 1. The third kappa shape index (κ3) is 8.99. The third-order valence-electron chi connectivity index (χ3n) is 0.390. The van der Waals surface area contributed by atoms with Gasteiger partial charge in [-0.1, -0.05) is 14.9 Å². The van der Waals surface area contributed by atoms with Crippen LogP contribution in [-0.4, -0.2) is 20.3 Å². The minimum absolute atomic E-state index is 0. The van der Waals surface area contributed by atoms with Gasteiger partial charge in [0.05, 0.1) is 7.11 Å². The molecule has 0 spiro atoms. The molecule has 52 valence electrons. The average Bonchev–Trinajstić information content (AvgIpc) is 1.65. The van der Waals surface area contributed by atoms with Gasteiger partial charge in [-0.05, 0) is 0 Å². The fourth-order valence-electron chi connectivity index (χ4n) is 0.102. The molecular weight excluding hydrogens is 106 g/mol. The lowest BCUT2D eigenvalue weighted by Crippen LogP contribution is -2.16. The molecule has 0 rings (SSSR count). The predicted octanol–water partition coefficient (Wildman–Crippen LogP) is 1.24. The molecule has 0 aromatic rings. The van der Waals surface area contributed by atoms with Crippen LogP contribution in [0, 0.1) is 0 Å². The zero-order valence-corrected chi connectivity index (χ0v) is 3.82. The first kappa shape index (κ1) is 15.7. The van der Waals surface area contributed by atoms with Crippen molar-refractivity contribution in [2.75, 3.05) is 14.2 Å². The Bertz CT molecular complexity index is 48.4. The first-order chi connectivity index (χ1) is 2.81. The molecule has 0 bridgehead atoms. The van der Waals surface area contributed by atoms with Crippen molar-refractivity contribution in [3.63, 3.8) is 0 Å². The number of hydrogen-bond donors (Lipinski definition) is 1. The fraction of sp³-hybridized carbons (Fsp3) is 0.800. The van der Waals surface area contributed by atoms with E-state index in [0.29, 0.717) is 0 Å². The molecule has 3 nitrogen and oxygen atoms in total. The second-order valence-electron chi connectivity index (χ2n) is 0.742. The van der Waals surface area contributed by atoms with E-state index in [2.05, 4.69) is 10.1 Å². The van der Waals surface area contributed by atoms with Crippen molar-refractivity contribution in [1.29, 1.82) is 0 Å². The maximum atomic E-state index is 9.85. The van der Waals surface area contributed by atoms with E-state index in [-0.39, 0.29) is 14.9 Å². The van der Waals surface area contributed by atoms with E-state index in [9.17, 15) is 4.79 Å². The van der Waals surface area contributed by atoms with Crippen LogP contribution in [0.1, 0.15) is 14.9 Å². The molecule has 0 aliphatic rings. The van der Waals surface area contributed by atoms with Crippen LogP contribution >= 0.6 is 0 Å². The van der Waals surface area contributed by atoms with Crippen molar-refractivity contribution in [2.45, 2.75) is 14.9 Å². The number of alkyl carbamates (subject to hydrolysis) is 1. The molecule has 0 aliphatic carbocycles. The van der Waals surface area contributed by atoms with Crippen LogP contribution in [0.15, 0.2) is 0 Å². The van der Waals surface area contributed by atoms with Crippen LogP contribution in [0.2, 0.25) is 0 Å². The quantitative estimate of drug-likeness (QED) is 0.523. The van der Waals surface area contributed by atoms with Crippen molar-refractivity contribution in [3.05, 3.63) is 0 Å². The van der Waals surface area contributed by atoms with Gasteiger partial charge in [-0.15, -0.1) is 0 Å². The van der Waals surface area contributed by atoms with E-state index in [1.54, 1.807) is 0 Å². The molecule has 8 heavy (non-hydrogen) atoms. The highest BCUT2D eigenvalue weighted by Crippen LogP contribution is 1.62. The van der Waals surface area contributed by atoms with Gasteiger partial charge >= 0.3 is 6.09 Å². The predicted molar refractivity (Wildman–Crippen MR) is 34.9 cm³/mol. The Morgan fingerprint density at radius 2 is 1.88 bits per heavy atom. The Morgan fingerprint density at radius 1 is 1.50 bits per heavy atom. The van der Waals surface area contributed by atoms with Gasteiger partial charge in [0.1, 0.15) is 0 Å². The van der Waals surface area contributed by atoms with Crippen LogP contribution < -0.4 is 5.32 Å². The Balaban J connectivity index is -0.000000125. The van der Waals surface area contributed by atoms with Crippen molar-refractivity contribution in [1.82, 2.24) is 5.32 Å². The molecule has 0 aliphatic heterocycles. The number of carbonyl (C=O) groups is 1. The van der Waals surface area contributed by atoms with Gasteiger partial charge in [0.2, 0.25) is 0 Å². The van der Waals surface area contributed by atoms with Crippen LogP contribution in [0.3, 0.4) is 0 Å². The molecule has 0 aromatic carbocycles. The lowest BCUT2D eigenvalue weighted by Gasteiger charge is -1.90. The molecular formula is C5H15NO2. The van der Waals surface area contributed by atoms with Crippen LogP contribution in [0.5, 0.6) is 0 Å². The van der Waals surface area contributed by atoms with Gasteiger partial charge in [0, 0.05) is 7.05 Å². The van der Waals surface area contributed by atoms with E-state index in [1.807, 2.05) is 0 Å². The van der Waals surface area contributed by atoms with E-state index in [0.717, 1.165) is 0 Å². The maximum Gasteiger partial charge on any atom is 0.406 e. The minimum Gasteiger partial charge on any atom is -0.453 e. The lowest BCUT2D eigenvalue weighted by molar-refractivity contribution is 0.173. The molecule has 0 aromatic heterocycles. The molecule has 0 radical (unpaired) electrons. The maximum absolute atomic E-state index is 9.85. The molecule has 3 heteroatoms. The molecule has 1 N–H and O–H groups in total. The Labute approximate surface area is 51.0 Å². The number of methoxy groups -OCH3 is 1. The summed E-state index contributed by atoms with van der Waals surface area (Å²) >= 11 is 0. The first-order valence-electron chi connectivity index (χ1n) is 1.57. The fourth-order valence-corrected chi connectivity index (χ4v) is 0.102. The number of amides is 1. The molecule has 0 saturated heterocycles. The number of hydrogen-bond acceptors (Lipinski definition) is 2. The monoisotopic (exact) mass is 121 g/mol. The molecule has 0 fully saturated rings. The topological polar surface area (TPSA) is 38.3 Å². The van der Waals surface area contributed by atoms with E-state index in [1.165, 1.54) is 14.2 Å². The van der Waals surface area contributed by atoms with Crippen molar-refractivity contribution in [3.8, 4) is 0 Å². The zero-order valence-electron chi connectivity index (χ0n) is 3.82. The highest BCUT2D eigenvalue weighted by atomic mass is 16.5. The second-order valence-corrected chi connectivity index (χ2v) is 0.742. The highest BCUT2D eigenvalue weighted by Gasteiger charge is 1.85. The van der Waals surface area contributed by atoms with E-state index in [4.69, 9.17) is 0 Å². The second kappa shape index (κ2) is 9.55. The average molecular weight is 121 g/mol. The standard InChI is InChI=1S/C3H7NO2.2CH4/c1-4-3(5)6-2;;/h1-2H3,(H,4,5);2*1H4. The summed E-state index contributed by atoms with van der Waals surface area (Å²) in [5.41, 5.74) is 0. The molecule has 1 amide bonds. The number of carbonyl (C=O) groups excluding carboxylic acids is 1. The normalized spacial score (nSPS) is 5.25. The van der Waals surface area contributed by atoms with Crippen LogP contribution in [0.4, 0.5) is 4.79 Å². The third-order valence-corrected chi connectivity index (χ3v) is 0.390. The molecule has 0 saturated carbocycles. The Hall–Kier alpha value is -0.730. The molecule has 0 unspecified atom stereocenters. The summed E-state index contributed by atoms with van der Waals surface area (Å²) in [7, 11) is 2.82. The van der Waals surface area contributed by atoms with Gasteiger partial charge in [-0.2, -0.15) is 0 Å². The summed E-state index contributed by atoms with van der Waals surface area (Å²) < 4.78 is 4.15. The van der Waals surface area contributed by atoms with Gasteiger partial charge < -0.3 is 10.1 Å². The smallest absolute Gasteiger partial charge is 0.406 e. The van der Waals surface area contributed by atoms with Gasteiger partial charge in [0.25, 0.3) is 0 Å². The summed E-state index contributed by atoms with van der Waals surface area (Å²) in [5, 5.41) is 2.25. The van der Waals surface area contributed by atoms with Crippen molar-refractivity contribution >= 4 is 6.09 Å². The minimum atomic E-state index is -0.407. The van der Waals surface area contributed by atoms with E-state index < -0.39 is 6.09 Å². The lowest BCUT2D eigenvalue weighted by atomic mass is 11.1. The largest absolute Gasteiger partial charge is 0.453 e. The summed E-state index contributed by atoms with van der Waals surface area (Å²) in [6, 6.07) is 0. The SMILES string of the molecule is C.C.CNC(=O)OC. The Morgan fingerprint density at radius 3 is 1.88 bits per heavy atom. The van der Waals surface area contributed by atoms with Gasteiger partial charge in [-0.3, -0.25) is 0 Å². The van der Waals surface area contributed by atoms with Crippen LogP contribution in [0.25, 0.3) is 0 Å². The van der Waals surface area contributed by atoms with Crippen molar-refractivity contribution < 1.29 is 9.53 Å². The van der Waals surface area contributed by atoms with E-state index >= 15 is 0 Å². The number of rotatable bonds is 0. The summed E-state index contributed by atoms with van der Waals surface area (Å²) in [5.74, 6) is 0. The molecule has 0 heterocycles. The van der Waals surface area contributed by atoms with Crippen molar-refractivity contribution in [2.24, 2.45) is 0 Å². The van der Waals surface area contributed by atoms with Crippen LogP contribution in [-0.2, 0) is 4.74 Å². The summed E-state index contributed by atoms with van der Waals surface area (Å²) in [4.78, 5) is 9.85. The first-order valence-corrected chi connectivity index (χ1v) is 1.57. The van der Waals surface area contributed by atoms with Gasteiger partial charge in [0.15, 0.2) is 0 Å². The molecule has 0 atom stereocenters. The Kier molecular flexibility index (Phi) is 18.7. The van der Waals surface area contributed by atoms with Gasteiger partial charge in [-0.25, -0.2) is 4.79 Å².